The van der Waals surface area contributed by atoms with Crippen LogP contribution in [-0.2, 0) is 0 Å². The van der Waals surface area contributed by atoms with Crippen molar-refractivity contribution in [3.63, 3.8) is 0 Å². The maximum Gasteiger partial charge on any atom is 0.166 e. The van der Waals surface area contributed by atoms with Crippen LogP contribution in [0.1, 0.15) is 5.56 Å². The van der Waals surface area contributed by atoms with Crippen LogP contribution in [0.4, 0.5) is 5.69 Å². The number of phenols is 1. The van der Waals surface area contributed by atoms with Crippen LogP contribution in [0, 0.1) is 0 Å². The number of rotatable bonds is 4. The number of halogens is 2. The molecule has 0 unspecified atom stereocenters. The first-order valence-corrected chi connectivity index (χ1v) is 6.88. The summed E-state index contributed by atoms with van der Waals surface area (Å²) in [7, 11) is 1.49. The highest BCUT2D eigenvalue weighted by atomic mass is 79.9. The monoisotopic (exact) mass is 354 g/mol. The summed E-state index contributed by atoms with van der Waals surface area (Å²) in [6.07, 6.45) is 1.51. The van der Waals surface area contributed by atoms with Gasteiger partial charge in [0.15, 0.2) is 11.5 Å². The van der Waals surface area contributed by atoms with Gasteiger partial charge in [-0.05, 0) is 36.4 Å². The second-order valence-electron chi connectivity index (χ2n) is 3.92. The van der Waals surface area contributed by atoms with Gasteiger partial charge in [0.2, 0.25) is 0 Å². The van der Waals surface area contributed by atoms with E-state index in [1.54, 1.807) is 36.4 Å². The van der Waals surface area contributed by atoms with Crippen LogP contribution in [0.2, 0.25) is 5.02 Å². The summed E-state index contributed by atoms with van der Waals surface area (Å²) in [5, 5.41) is 14.7. The minimum absolute atomic E-state index is 0.0392. The maximum absolute atomic E-state index is 9.96. The van der Waals surface area contributed by atoms with Crippen LogP contribution >= 0.6 is 27.5 Å². The summed E-state index contributed by atoms with van der Waals surface area (Å²) in [4.78, 5) is 0. The van der Waals surface area contributed by atoms with Crippen molar-refractivity contribution in [1.82, 2.24) is 0 Å². The average Bonchev–Trinajstić information content (AvgIpc) is 2.44. The minimum Gasteiger partial charge on any atom is -0.504 e. The van der Waals surface area contributed by atoms with E-state index in [1.165, 1.54) is 13.3 Å². The van der Waals surface area contributed by atoms with Gasteiger partial charge in [-0.15, -0.1) is 0 Å². The number of hydrogen-bond acceptors (Lipinski definition) is 4. The summed E-state index contributed by atoms with van der Waals surface area (Å²) in [5.41, 5.74) is 4.19. The van der Waals surface area contributed by atoms with Crippen molar-refractivity contribution < 1.29 is 9.84 Å². The lowest BCUT2D eigenvalue weighted by Gasteiger charge is -2.07. The average molecular weight is 356 g/mol. The van der Waals surface area contributed by atoms with Crippen molar-refractivity contribution >= 4 is 39.4 Å². The Labute approximate surface area is 130 Å². The Morgan fingerprint density at radius 1 is 1.30 bits per heavy atom. The van der Waals surface area contributed by atoms with Crippen LogP contribution in [0.15, 0.2) is 46.0 Å². The van der Waals surface area contributed by atoms with Crippen LogP contribution < -0.4 is 10.2 Å². The lowest BCUT2D eigenvalue weighted by molar-refractivity contribution is 0.373. The van der Waals surface area contributed by atoms with Crippen molar-refractivity contribution in [3.8, 4) is 11.5 Å². The number of ether oxygens (including phenoxy) is 1. The van der Waals surface area contributed by atoms with Crippen LogP contribution in [0.25, 0.3) is 0 Å². The molecule has 2 N–H and O–H groups in total. The topological polar surface area (TPSA) is 53.8 Å². The van der Waals surface area contributed by atoms with Crippen molar-refractivity contribution in [3.05, 3.63) is 51.5 Å². The molecule has 0 saturated carbocycles. The molecular formula is C14H12BrClN2O2. The normalized spacial score (nSPS) is 10.8. The Bertz CT molecular complexity index is 630. The molecule has 0 spiro atoms. The molecule has 0 heterocycles. The molecule has 4 nitrogen and oxygen atoms in total. The zero-order valence-corrected chi connectivity index (χ0v) is 12.9. The highest BCUT2D eigenvalue weighted by molar-refractivity contribution is 9.10. The molecule has 2 aromatic carbocycles. The molecule has 0 aliphatic heterocycles. The third kappa shape index (κ3) is 3.65. The Kier molecular flexibility index (Phi) is 4.87. The Morgan fingerprint density at radius 2 is 2.00 bits per heavy atom. The van der Waals surface area contributed by atoms with Gasteiger partial charge in [0, 0.05) is 15.1 Å². The molecule has 0 aromatic heterocycles. The third-order valence-corrected chi connectivity index (χ3v) is 3.24. The first-order chi connectivity index (χ1) is 9.60. The zero-order chi connectivity index (χ0) is 14.5. The predicted octanol–water partition coefficient (Wildman–Crippen LogP) is 4.26. The van der Waals surface area contributed by atoms with Gasteiger partial charge in [-0.3, -0.25) is 5.43 Å². The highest BCUT2D eigenvalue weighted by Crippen LogP contribution is 2.32. The number of nitrogens with one attached hydrogen (secondary N) is 1. The molecule has 2 rings (SSSR count). The summed E-state index contributed by atoms with van der Waals surface area (Å²) < 4.78 is 5.86. The number of benzene rings is 2. The molecule has 2 aromatic rings. The molecule has 0 aliphatic carbocycles. The third-order valence-electron chi connectivity index (χ3n) is 2.53. The molecule has 0 saturated heterocycles. The molecule has 0 amide bonds. The van der Waals surface area contributed by atoms with Gasteiger partial charge in [-0.2, -0.15) is 5.10 Å². The van der Waals surface area contributed by atoms with E-state index in [2.05, 4.69) is 26.5 Å². The largest absolute Gasteiger partial charge is 0.504 e. The van der Waals surface area contributed by atoms with Crippen molar-refractivity contribution in [2.45, 2.75) is 0 Å². The van der Waals surface area contributed by atoms with Gasteiger partial charge in [-0.1, -0.05) is 27.5 Å². The SMILES string of the molecule is COc1cc(Br)cc(/C=N/Nc2ccc(Cl)cc2)c1O. The fourth-order valence-electron chi connectivity index (χ4n) is 1.55. The van der Waals surface area contributed by atoms with E-state index in [-0.39, 0.29) is 5.75 Å². The molecule has 6 heteroatoms. The van der Waals surface area contributed by atoms with Crippen LogP contribution in [0.3, 0.4) is 0 Å². The second kappa shape index (κ2) is 6.63. The van der Waals surface area contributed by atoms with E-state index >= 15 is 0 Å². The number of aromatic hydroxyl groups is 1. The molecule has 0 radical (unpaired) electrons. The van der Waals surface area contributed by atoms with Gasteiger partial charge < -0.3 is 9.84 Å². The van der Waals surface area contributed by atoms with Gasteiger partial charge in [0.05, 0.1) is 19.0 Å². The van der Waals surface area contributed by atoms with Crippen molar-refractivity contribution in [2.75, 3.05) is 12.5 Å². The number of phenolic OH excluding ortho intramolecular Hbond substituents is 1. The summed E-state index contributed by atoms with van der Waals surface area (Å²) in [6, 6.07) is 10.6. The lowest BCUT2D eigenvalue weighted by Crippen LogP contribution is -1.93. The molecule has 0 bridgehead atoms. The first-order valence-electron chi connectivity index (χ1n) is 5.71. The fourth-order valence-corrected chi connectivity index (χ4v) is 2.13. The number of hydrazone groups is 1. The molecule has 0 aliphatic rings. The Morgan fingerprint density at radius 3 is 2.65 bits per heavy atom. The molecule has 0 atom stereocenters. The number of anilines is 1. The molecule has 20 heavy (non-hydrogen) atoms. The van der Waals surface area contributed by atoms with E-state index in [1.807, 2.05) is 0 Å². The van der Waals surface area contributed by atoms with Crippen LogP contribution in [0.5, 0.6) is 11.5 Å². The Balaban J connectivity index is 2.15. The number of methoxy groups -OCH3 is 1. The van der Waals surface area contributed by atoms with Gasteiger partial charge >= 0.3 is 0 Å². The van der Waals surface area contributed by atoms with Crippen molar-refractivity contribution in [2.24, 2.45) is 5.10 Å². The number of hydrogen-bond donors (Lipinski definition) is 2. The molecular weight excluding hydrogens is 344 g/mol. The van der Waals surface area contributed by atoms with E-state index in [0.717, 1.165) is 10.2 Å². The molecule has 104 valence electrons. The quantitative estimate of drug-likeness (QED) is 0.636. The summed E-state index contributed by atoms with van der Waals surface area (Å²) >= 11 is 9.14. The zero-order valence-electron chi connectivity index (χ0n) is 10.6. The predicted molar refractivity (Wildman–Crippen MR) is 85.0 cm³/mol. The van der Waals surface area contributed by atoms with Gasteiger partial charge in [0.1, 0.15) is 0 Å². The summed E-state index contributed by atoms with van der Waals surface area (Å²) in [5.74, 6) is 0.421. The van der Waals surface area contributed by atoms with E-state index < -0.39 is 0 Å². The smallest absolute Gasteiger partial charge is 0.166 e. The lowest BCUT2D eigenvalue weighted by atomic mass is 10.2. The van der Waals surface area contributed by atoms with Crippen LogP contribution in [-0.4, -0.2) is 18.4 Å². The Hall–Kier alpha value is -1.72. The highest BCUT2D eigenvalue weighted by Gasteiger charge is 2.07. The van der Waals surface area contributed by atoms with E-state index in [9.17, 15) is 5.11 Å². The van der Waals surface area contributed by atoms with Gasteiger partial charge in [-0.25, -0.2) is 0 Å². The standard InChI is InChI=1S/C14H12BrClN2O2/c1-20-13-7-10(15)6-9(14(13)19)8-17-18-12-4-2-11(16)3-5-12/h2-8,18-19H,1H3/b17-8+. The van der Waals surface area contributed by atoms with Gasteiger partial charge in [0.25, 0.3) is 0 Å². The number of nitrogens with zero attached hydrogens (tertiary/aromatic N) is 1. The maximum atomic E-state index is 9.96. The summed E-state index contributed by atoms with van der Waals surface area (Å²) in [6.45, 7) is 0. The minimum atomic E-state index is 0.0392. The van der Waals surface area contributed by atoms with E-state index in [4.69, 9.17) is 16.3 Å². The first kappa shape index (κ1) is 14.7. The fraction of sp³-hybridized carbons (Fsp3) is 0.0714. The molecule has 0 fully saturated rings. The van der Waals surface area contributed by atoms with Crippen molar-refractivity contribution in [1.29, 1.82) is 0 Å². The second-order valence-corrected chi connectivity index (χ2v) is 5.27. The van der Waals surface area contributed by atoms with E-state index in [0.29, 0.717) is 16.3 Å².